The molecule has 15 heavy (non-hydrogen) atoms. The molecule has 0 spiro atoms. The molecule has 2 atom stereocenters. The van der Waals surface area contributed by atoms with E-state index in [1.807, 2.05) is 13.8 Å². The van der Waals surface area contributed by atoms with E-state index >= 15 is 0 Å². The predicted molar refractivity (Wildman–Crippen MR) is 57.4 cm³/mol. The van der Waals surface area contributed by atoms with Gasteiger partial charge in [-0.3, -0.25) is 0 Å². The van der Waals surface area contributed by atoms with Crippen molar-refractivity contribution in [3.8, 4) is 11.8 Å². The minimum Gasteiger partial charge on any atom is -0.207 e. The first-order valence-corrected chi connectivity index (χ1v) is 4.93. The molecule has 0 amide bonds. The summed E-state index contributed by atoms with van der Waals surface area (Å²) < 4.78 is 26.4. The second-order valence-corrected chi connectivity index (χ2v) is 3.64. The van der Waals surface area contributed by atoms with Crippen LogP contribution >= 0.6 is 0 Å². The highest BCUT2D eigenvalue weighted by molar-refractivity contribution is 5.25. The minimum absolute atomic E-state index is 0.0197. The van der Waals surface area contributed by atoms with Crippen molar-refractivity contribution in [1.29, 1.82) is 0 Å². The van der Waals surface area contributed by atoms with Gasteiger partial charge in [0.15, 0.2) is 0 Å². The number of hydrogen-bond acceptors (Lipinski definition) is 0. The molecule has 2 heteroatoms. The average molecular weight is 208 g/mol. The molecule has 0 heterocycles. The molecular weight excluding hydrogens is 194 g/mol. The van der Waals surface area contributed by atoms with Crippen molar-refractivity contribution in [1.82, 2.24) is 0 Å². The third-order valence-corrected chi connectivity index (χ3v) is 2.57. The van der Waals surface area contributed by atoms with Gasteiger partial charge in [0.2, 0.25) is 0 Å². The van der Waals surface area contributed by atoms with Crippen LogP contribution in [0.15, 0.2) is 18.2 Å². The van der Waals surface area contributed by atoms with Crippen LogP contribution < -0.4 is 0 Å². The summed E-state index contributed by atoms with van der Waals surface area (Å²) in [5.74, 6) is 4.88. The molecule has 0 bridgehead atoms. The molecule has 0 fully saturated rings. The van der Waals surface area contributed by atoms with Crippen molar-refractivity contribution in [3.63, 3.8) is 0 Å². The zero-order valence-corrected chi connectivity index (χ0v) is 9.14. The number of rotatable bonds is 2. The van der Waals surface area contributed by atoms with E-state index in [1.54, 1.807) is 6.92 Å². The maximum Gasteiger partial charge on any atom is 0.126 e. The summed E-state index contributed by atoms with van der Waals surface area (Å²) in [5, 5.41) is 0. The number of benzene rings is 1. The maximum atomic E-state index is 13.4. The summed E-state index contributed by atoms with van der Waals surface area (Å²) in [6.45, 7) is 5.50. The van der Waals surface area contributed by atoms with Gasteiger partial charge in [-0.1, -0.05) is 19.8 Å². The Hall–Kier alpha value is -1.36. The Bertz CT molecular complexity index is 399. The fourth-order valence-corrected chi connectivity index (χ4v) is 1.49. The van der Waals surface area contributed by atoms with E-state index in [1.165, 1.54) is 6.07 Å². The van der Waals surface area contributed by atoms with Gasteiger partial charge in [0.25, 0.3) is 0 Å². The lowest BCUT2D eigenvalue weighted by Gasteiger charge is -2.16. The first-order chi connectivity index (χ1) is 7.06. The quantitative estimate of drug-likeness (QED) is 0.650. The normalized spacial score (nSPS) is 13.9. The summed E-state index contributed by atoms with van der Waals surface area (Å²) in [5.41, 5.74) is 0.394. The van der Waals surface area contributed by atoms with Crippen LogP contribution in [-0.4, -0.2) is 0 Å². The van der Waals surface area contributed by atoms with E-state index in [0.29, 0.717) is 5.56 Å². The molecule has 0 radical (unpaired) electrons. The monoisotopic (exact) mass is 208 g/mol. The Morgan fingerprint density at radius 1 is 1.20 bits per heavy atom. The van der Waals surface area contributed by atoms with Gasteiger partial charge in [-0.05, 0) is 36.6 Å². The molecule has 0 aliphatic heterocycles. The third kappa shape index (κ3) is 2.79. The van der Waals surface area contributed by atoms with Gasteiger partial charge in [0.05, 0.1) is 0 Å². The second kappa shape index (κ2) is 4.93. The predicted octanol–water partition coefficient (Wildman–Crippen LogP) is 3.73. The minimum atomic E-state index is -0.407. The first-order valence-electron chi connectivity index (χ1n) is 4.93. The van der Waals surface area contributed by atoms with Crippen LogP contribution in [0.25, 0.3) is 0 Å². The van der Waals surface area contributed by atoms with Crippen LogP contribution in [0.2, 0.25) is 0 Å². The lowest BCUT2D eigenvalue weighted by atomic mass is 9.89. The van der Waals surface area contributed by atoms with Gasteiger partial charge >= 0.3 is 0 Å². The van der Waals surface area contributed by atoms with Crippen LogP contribution in [-0.2, 0) is 0 Å². The van der Waals surface area contributed by atoms with Crippen LogP contribution in [0.5, 0.6) is 0 Å². The summed E-state index contributed by atoms with van der Waals surface area (Å²) in [6, 6.07) is 3.53. The van der Waals surface area contributed by atoms with Crippen molar-refractivity contribution >= 4 is 0 Å². The van der Waals surface area contributed by atoms with E-state index in [0.717, 1.165) is 12.1 Å². The van der Waals surface area contributed by atoms with Crippen molar-refractivity contribution in [3.05, 3.63) is 35.4 Å². The lowest BCUT2D eigenvalue weighted by Crippen LogP contribution is -2.06. The number of halogens is 2. The zero-order valence-electron chi connectivity index (χ0n) is 9.14. The van der Waals surface area contributed by atoms with Crippen molar-refractivity contribution in [2.24, 2.45) is 5.92 Å². The maximum absolute atomic E-state index is 13.4. The first kappa shape index (κ1) is 11.7. The molecule has 0 aliphatic rings. The Labute approximate surface area is 89.3 Å². The molecule has 0 saturated carbocycles. The second-order valence-electron chi connectivity index (χ2n) is 3.64. The van der Waals surface area contributed by atoms with Crippen LogP contribution in [0.1, 0.15) is 32.3 Å². The van der Waals surface area contributed by atoms with E-state index in [4.69, 9.17) is 0 Å². The van der Waals surface area contributed by atoms with Crippen molar-refractivity contribution in [2.45, 2.75) is 26.7 Å². The Morgan fingerprint density at radius 2 is 1.87 bits per heavy atom. The van der Waals surface area contributed by atoms with Gasteiger partial charge in [-0.15, -0.1) is 5.92 Å². The fourth-order valence-electron chi connectivity index (χ4n) is 1.49. The Kier molecular flexibility index (Phi) is 3.85. The van der Waals surface area contributed by atoms with Gasteiger partial charge in [-0.2, -0.15) is 0 Å². The lowest BCUT2D eigenvalue weighted by molar-refractivity contribution is 0.533. The van der Waals surface area contributed by atoms with Crippen LogP contribution in [0.3, 0.4) is 0 Å². The molecule has 1 aromatic carbocycles. The largest absolute Gasteiger partial charge is 0.207 e. The van der Waals surface area contributed by atoms with Gasteiger partial charge < -0.3 is 0 Å². The smallest absolute Gasteiger partial charge is 0.126 e. The van der Waals surface area contributed by atoms with E-state index < -0.39 is 5.82 Å². The molecular formula is C13H14F2. The molecule has 1 rings (SSSR count). The molecule has 2 unspecified atom stereocenters. The topological polar surface area (TPSA) is 0 Å². The third-order valence-electron chi connectivity index (χ3n) is 2.57. The average Bonchev–Trinajstić information content (AvgIpc) is 2.21. The van der Waals surface area contributed by atoms with E-state index in [2.05, 4.69) is 11.8 Å². The standard InChI is InChI=1S/C13H14F2/c1-4-5-9(2)10(3)12-8-11(14)6-7-13(12)15/h6-10H,1-3H3. The summed E-state index contributed by atoms with van der Waals surface area (Å²) in [6.07, 6.45) is 0. The molecule has 1 aromatic rings. The zero-order chi connectivity index (χ0) is 11.4. The summed E-state index contributed by atoms with van der Waals surface area (Å²) in [7, 11) is 0. The van der Waals surface area contributed by atoms with E-state index in [9.17, 15) is 8.78 Å². The summed E-state index contributed by atoms with van der Waals surface area (Å²) >= 11 is 0. The number of hydrogen-bond donors (Lipinski definition) is 0. The molecule has 0 N–H and O–H groups in total. The summed E-state index contributed by atoms with van der Waals surface area (Å²) in [4.78, 5) is 0. The van der Waals surface area contributed by atoms with Gasteiger partial charge in [0, 0.05) is 5.92 Å². The molecule has 0 aliphatic carbocycles. The highest BCUT2D eigenvalue weighted by Gasteiger charge is 2.16. The molecule has 0 nitrogen and oxygen atoms in total. The Morgan fingerprint density at radius 3 is 2.47 bits per heavy atom. The SMILES string of the molecule is CC#CC(C)C(C)c1cc(F)ccc1F. The van der Waals surface area contributed by atoms with Crippen molar-refractivity contribution < 1.29 is 8.78 Å². The molecule has 80 valence electrons. The fraction of sp³-hybridized carbons (Fsp3) is 0.385. The van der Waals surface area contributed by atoms with Crippen molar-refractivity contribution in [2.75, 3.05) is 0 Å². The molecule has 0 saturated heterocycles. The van der Waals surface area contributed by atoms with E-state index in [-0.39, 0.29) is 17.7 Å². The van der Waals surface area contributed by atoms with Gasteiger partial charge in [0.1, 0.15) is 11.6 Å². The van der Waals surface area contributed by atoms with Gasteiger partial charge in [-0.25, -0.2) is 8.78 Å². The van der Waals surface area contributed by atoms with Crippen LogP contribution in [0.4, 0.5) is 8.78 Å². The Balaban J connectivity index is 3.02. The van der Waals surface area contributed by atoms with Crippen LogP contribution in [0, 0.1) is 29.4 Å². The highest BCUT2D eigenvalue weighted by atomic mass is 19.1. The highest BCUT2D eigenvalue weighted by Crippen LogP contribution is 2.26. The molecule has 0 aromatic heterocycles.